The Morgan fingerprint density at radius 1 is 1.03 bits per heavy atom. The number of ether oxygens (including phenoxy) is 1. The lowest BCUT2D eigenvalue weighted by Crippen LogP contribution is -2.34. The van der Waals surface area contributed by atoms with Gasteiger partial charge >= 0.3 is 11.6 Å². The molecule has 0 bridgehead atoms. The number of fused-ring (bicyclic) bond motifs is 2. The number of imide groups is 1. The van der Waals surface area contributed by atoms with E-state index in [-0.39, 0.29) is 54.1 Å². The minimum Gasteiger partial charge on any atom is -0.426 e. The number of hydrogen-bond donors (Lipinski definition) is 1. The zero-order valence-corrected chi connectivity index (χ0v) is 19.3. The summed E-state index contributed by atoms with van der Waals surface area (Å²) in [5.41, 5.74) is 0.00123. The van der Waals surface area contributed by atoms with Crippen LogP contribution in [-0.2, 0) is 4.79 Å². The van der Waals surface area contributed by atoms with Crippen LogP contribution in [0.3, 0.4) is 0 Å². The van der Waals surface area contributed by atoms with Gasteiger partial charge in [0, 0.05) is 30.5 Å². The molecular weight excluding hydrogens is 452 g/mol. The van der Waals surface area contributed by atoms with E-state index in [2.05, 4.69) is 5.32 Å². The van der Waals surface area contributed by atoms with E-state index in [0.29, 0.717) is 16.5 Å². The highest BCUT2D eigenvalue weighted by Crippen LogP contribution is 2.24. The number of rotatable bonds is 8. The minimum absolute atomic E-state index is 0.0237. The van der Waals surface area contributed by atoms with E-state index < -0.39 is 17.5 Å². The Kier molecular flexibility index (Phi) is 6.77. The third-order valence-corrected chi connectivity index (χ3v) is 5.81. The molecule has 1 N–H and O–H groups in total. The molecule has 3 aromatic rings. The van der Waals surface area contributed by atoms with E-state index in [0.717, 1.165) is 11.3 Å². The van der Waals surface area contributed by atoms with Gasteiger partial charge in [0.05, 0.1) is 11.1 Å². The summed E-state index contributed by atoms with van der Waals surface area (Å²) in [6.45, 7) is 3.84. The SMILES string of the molecule is CCC(C)NC(=O)c1cc2ccc(OC(=O)CCCN3C(=O)c4ccccc4C3=O)cc2oc1=O. The van der Waals surface area contributed by atoms with Gasteiger partial charge in [0.15, 0.2) is 0 Å². The third kappa shape index (κ3) is 4.98. The maximum Gasteiger partial charge on any atom is 0.349 e. The lowest BCUT2D eigenvalue weighted by molar-refractivity contribution is -0.134. The fourth-order valence-corrected chi connectivity index (χ4v) is 3.72. The van der Waals surface area contributed by atoms with E-state index >= 15 is 0 Å². The summed E-state index contributed by atoms with van der Waals surface area (Å²) in [5.74, 6) is -1.65. The Balaban J connectivity index is 1.36. The van der Waals surface area contributed by atoms with E-state index in [1.165, 1.54) is 18.2 Å². The average Bonchev–Trinajstić information content (AvgIpc) is 3.08. The highest BCUT2D eigenvalue weighted by molar-refractivity contribution is 6.21. The number of amides is 3. The molecule has 0 saturated heterocycles. The molecule has 9 nitrogen and oxygen atoms in total. The van der Waals surface area contributed by atoms with E-state index in [9.17, 15) is 24.0 Å². The first-order chi connectivity index (χ1) is 16.8. The number of nitrogens with zero attached hydrogens (tertiary/aromatic N) is 1. The molecule has 1 aromatic heterocycles. The first-order valence-corrected chi connectivity index (χ1v) is 11.3. The van der Waals surface area contributed by atoms with Crippen molar-refractivity contribution in [2.75, 3.05) is 6.54 Å². The molecule has 0 aliphatic carbocycles. The Morgan fingerprint density at radius 3 is 2.37 bits per heavy atom. The van der Waals surface area contributed by atoms with E-state index in [1.807, 2.05) is 13.8 Å². The second kappa shape index (κ2) is 9.92. The van der Waals surface area contributed by atoms with Crippen molar-refractivity contribution in [3.8, 4) is 5.75 Å². The number of hydrogen-bond acceptors (Lipinski definition) is 7. The van der Waals surface area contributed by atoms with Crippen molar-refractivity contribution in [1.29, 1.82) is 0 Å². The van der Waals surface area contributed by atoms with Crippen LogP contribution in [0.1, 0.15) is 64.2 Å². The monoisotopic (exact) mass is 476 g/mol. The molecular formula is C26H24N2O7. The van der Waals surface area contributed by atoms with Crippen molar-refractivity contribution in [3.05, 3.63) is 75.6 Å². The minimum atomic E-state index is -0.789. The van der Waals surface area contributed by atoms with Crippen molar-refractivity contribution < 1.29 is 28.3 Å². The Hall–Kier alpha value is -4.27. The third-order valence-electron chi connectivity index (χ3n) is 5.81. The van der Waals surface area contributed by atoms with Gasteiger partial charge in [0.25, 0.3) is 17.7 Å². The van der Waals surface area contributed by atoms with Gasteiger partial charge in [-0.1, -0.05) is 19.1 Å². The van der Waals surface area contributed by atoms with Gasteiger partial charge in [-0.05, 0) is 50.1 Å². The van der Waals surface area contributed by atoms with Crippen LogP contribution in [0, 0.1) is 0 Å². The molecule has 0 radical (unpaired) electrons. The van der Waals surface area contributed by atoms with Gasteiger partial charge in [-0.15, -0.1) is 0 Å². The van der Waals surface area contributed by atoms with Gasteiger partial charge in [0.2, 0.25) is 0 Å². The molecule has 0 fully saturated rings. The quantitative estimate of drug-likeness (QED) is 0.229. The number of esters is 1. The molecule has 1 aliphatic heterocycles. The van der Waals surface area contributed by atoms with Crippen LogP contribution in [0.4, 0.5) is 0 Å². The lowest BCUT2D eigenvalue weighted by Gasteiger charge is -2.13. The summed E-state index contributed by atoms with van der Waals surface area (Å²) in [4.78, 5) is 62.8. The summed E-state index contributed by atoms with van der Waals surface area (Å²) in [5, 5.41) is 3.23. The number of carbonyl (C=O) groups excluding carboxylic acids is 4. The van der Waals surface area contributed by atoms with Crippen LogP contribution in [0.2, 0.25) is 0 Å². The number of benzene rings is 2. The Morgan fingerprint density at radius 2 is 1.71 bits per heavy atom. The smallest absolute Gasteiger partial charge is 0.349 e. The summed E-state index contributed by atoms with van der Waals surface area (Å²) in [7, 11) is 0. The molecule has 1 aliphatic rings. The second-order valence-electron chi connectivity index (χ2n) is 8.32. The Bertz CT molecular complexity index is 1360. The molecule has 35 heavy (non-hydrogen) atoms. The molecule has 9 heteroatoms. The molecule has 180 valence electrons. The fraction of sp³-hybridized carbons (Fsp3) is 0.269. The van der Waals surface area contributed by atoms with Crippen LogP contribution in [0.25, 0.3) is 11.0 Å². The first-order valence-electron chi connectivity index (χ1n) is 11.3. The maximum absolute atomic E-state index is 12.4. The average molecular weight is 476 g/mol. The number of nitrogens with one attached hydrogen (secondary N) is 1. The molecule has 3 amide bonds. The largest absolute Gasteiger partial charge is 0.426 e. The van der Waals surface area contributed by atoms with Crippen LogP contribution in [0.15, 0.2) is 57.7 Å². The zero-order valence-electron chi connectivity index (χ0n) is 19.3. The molecule has 0 saturated carbocycles. The van der Waals surface area contributed by atoms with E-state index in [4.69, 9.17) is 9.15 Å². The summed E-state index contributed by atoms with van der Waals surface area (Å²) < 4.78 is 10.6. The highest BCUT2D eigenvalue weighted by atomic mass is 16.5. The van der Waals surface area contributed by atoms with Gasteiger partial charge < -0.3 is 14.5 Å². The normalized spacial score (nSPS) is 13.6. The van der Waals surface area contributed by atoms with Gasteiger partial charge in [-0.25, -0.2) is 4.79 Å². The van der Waals surface area contributed by atoms with Crippen LogP contribution < -0.4 is 15.7 Å². The van der Waals surface area contributed by atoms with Crippen molar-refractivity contribution in [1.82, 2.24) is 10.2 Å². The van der Waals surface area contributed by atoms with Gasteiger partial charge in [-0.2, -0.15) is 0 Å². The van der Waals surface area contributed by atoms with Gasteiger partial charge in [0.1, 0.15) is 16.9 Å². The lowest BCUT2D eigenvalue weighted by atomic mass is 10.1. The molecule has 2 heterocycles. The van der Waals surface area contributed by atoms with E-state index in [1.54, 1.807) is 30.3 Å². The summed E-state index contributed by atoms with van der Waals surface area (Å²) >= 11 is 0. The van der Waals surface area contributed by atoms with Crippen LogP contribution in [0.5, 0.6) is 5.75 Å². The fourth-order valence-electron chi connectivity index (χ4n) is 3.72. The summed E-state index contributed by atoms with van der Waals surface area (Å²) in [6.07, 6.45) is 0.934. The topological polar surface area (TPSA) is 123 Å². The van der Waals surface area contributed by atoms with Crippen molar-refractivity contribution in [2.45, 2.75) is 39.2 Å². The van der Waals surface area contributed by atoms with Crippen LogP contribution in [-0.4, -0.2) is 41.2 Å². The molecule has 1 atom stereocenters. The van der Waals surface area contributed by atoms with Gasteiger partial charge in [-0.3, -0.25) is 24.1 Å². The number of carbonyl (C=O) groups is 4. The first kappa shape index (κ1) is 23.9. The van der Waals surface area contributed by atoms with Crippen molar-refractivity contribution >= 4 is 34.7 Å². The summed E-state index contributed by atoms with van der Waals surface area (Å²) in [6, 6.07) is 12.4. The molecule has 0 spiro atoms. The molecule has 4 rings (SSSR count). The van der Waals surface area contributed by atoms with Crippen molar-refractivity contribution in [2.24, 2.45) is 0 Å². The predicted molar refractivity (Wildman–Crippen MR) is 126 cm³/mol. The highest BCUT2D eigenvalue weighted by Gasteiger charge is 2.34. The van der Waals surface area contributed by atoms with Crippen molar-refractivity contribution in [3.63, 3.8) is 0 Å². The standard InChI is InChI=1S/C26H24N2O7/c1-3-15(2)27-23(30)20-13-16-10-11-17(14-21(16)35-26(20)33)34-22(29)9-6-12-28-24(31)18-7-4-5-8-19(18)25(28)32/h4-5,7-8,10-11,13-15H,3,6,9,12H2,1-2H3,(H,27,30). The molecule has 2 aromatic carbocycles. The Labute approximate surface area is 200 Å². The van der Waals surface area contributed by atoms with Crippen LogP contribution >= 0.6 is 0 Å². The maximum atomic E-state index is 12.4. The predicted octanol–water partition coefficient (Wildman–Crippen LogP) is 3.30. The zero-order chi connectivity index (χ0) is 25.1. The second-order valence-corrected chi connectivity index (χ2v) is 8.32. The molecule has 1 unspecified atom stereocenters.